The van der Waals surface area contributed by atoms with Gasteiger partial charge in [-0.25, -0.2) is 4.98 Å². The SMILES string of the molecule is Cc1cnc(O[C@@H]2CCN(C(=O)CNC(=O)[C@H](Cc3ccccn3)NC(=O)c3cc4cc(Cl)ccc4o3)C2)s1. The Morgan fingerprint density at radius 1 is 1.23 bits per heavy atom. The molecule has 2 N–H and O–H groups in total. The van der Waals surface area contributed by atoms with Gasteiger partial charge in [0.2, 0.25) is 11.8 Å². The smallest absolute Gasteiger partial charge is 0.287 e. The lowest BCUT2D eigenvalue weighted by molar-refractivity contribution is -0.132. The number of likely N-dealkylation sites (tertiary alicyclic amines) is 1. The molecule has 5 rings (SSSR count). The third-order valence-electron chi connectivity index (χ3n) is 6.24. The summed E-state index contributed by atoms with van der Waals surface area (Å²) in [5.41, 5.74) is 1.11. The summed E-state index contributed by atoms with van der Waals surface area (Å²) >= 11 is 7.49. The van der Waals surface area contributed by atoms with Crippen molar-refractivity contribution < 1.29 is 23.5 Å². The lowest BCUT2D eigenvalue weighted by Crippen LogP contribution is -2.50. The first-order valence-corrected chi connectivity index (χ1v) is 13.6. The van der Waals surface area contributed by atoms with Gasteiger partial charge >= 0.3 is 0 Å². The normalized spacial score (nSPS) is 15.7. The molecule has 1 fully saturated rings. The van der Waals surface area contributed by atoms with Crippen LogP contribution in [-0.2, 0) is 16.0 Å². The summed E-state index contributed by atoms with van der Waals surface area (Å²) in [4.78, 5) is 50.2. The molecule has 12 heteroatoms. The van der Waals surface area contributed by atoms with Gasteiger partial charge in [0, 0.05) is 52.8 Å². The first-order valence-electron chi connectivity index (χ1n) is 12.4. The fourth-order valence-corrected chi connectivity index (χ4v) is 5.12. The maximum absolute atomic E-state index is 13.2. The number of halogens is 1. The molecule has 0 spiro atoms. The van der Waals surface area contributed by atoms with Crippen LogP contribution in [0.15, 0.2) is 59.3 Å². The Kier molecular flexibility index (Phi) is 8.08. The average Bonchev–Trinajstić information content (AvgIpc) is 3.67. The Balaban J connectivity index is 1.20. The molecular formula is C27H26ClN5O5S. The van der Waals surface area contributed by atoms with Crippen molar-refractivity contribution in [3.05, 3.63) is 76.2 Å². The van der Waals surface area contributed by atoms with Crippen molar-refractivity contribution in [2.24, 2.45) is 0 Å². The molecule has 3 aromatic heterocycles. The zero-order valence-electron chi connectivity index (χ0n) is 21.1. The number of aromatic nitrogens is 2. The molecule has 0 unspecified atom stereocenters. The van der Waals surface area contributed by atoms with Crippen LogP contribution in [-0.4, -0.2) is 64.4 Å². The minimum atomic E-state index is -0.986. The number of hydrogen-bond acceptors (Lipinski definition) is 8. The number of aryl methyl sites for hydroxylation is 1. The number of nitrogens with zero attached hydrogens (tertiary/aromatic N) is 3. The summed E-state index contributed by atoms with van der Waals surface area (Å²) in [6, 6.07) is 10.9. The van der Waals surface area contributed by atoms with E-state index in [9.17, 15) is 14.4 Å². The number of thiazole rings is 1. The zero-order valence-corrected chi connectivity index (χ0v) is 22.6. The van der Waals surface area contributed by atoms with Crippen LogP contribution in [0.5, 0.6) is 5.19 Å². The number of nitrogens with one attached hydrogen (secondary N) is 2. The van der Waals surface area contributed by atoms with E-state index in [1.165, 1.54) is 11.3 Å². The number of fused-ring (bicyclic) bond motifs is 1. The molecule has 0 radical (unpaired) electrons. The molecule has 0 saturated carbocycles. The Morgan fingerprint density at radius 3 is 2.87 bits per heavy atom. The van der Waals surface area contributed by atoms with Gasteiger partial charge in [-0.15, -0.1) is 0 Å². The number of ether oxygens (including phenoxy) is 1. The maximum atomic E-state index is 13.2. The summed E-state index contributed by atoms with van der Waals surface area (Å²) in [7, 11) is 0. The monoisotopic (exact) mass is 567 g/mol. The van der Waals surface area contributed by atoms with Crippen molar-refractivity contribution in [1.82, 2.24) is 25.5 Å². The van der Waals surface area contributed by atoms with Gasteiger partial charge in [-0.05, 0) is 43.3 Å². The predicted octanol–water partition coefficient (Wildman–Crippen LogP) is 3.38. The van der Waals surface area contributed by atoms with E-state index in [1.807, 2.05) is 6.92 Å². The number of amides is 3. The third kappa shape index (κ3) is 6.73. The van der Waals surface area contributed by atoms with E-state index in [-0.39, 0.29) is 30.7 Å². The molecule has 4 aromatic rings. The second-order valence-electron chi connectivity index (χ2n) is 9.17. The number of benzene rings is 1. The molecule has 4 heterocycles. The number of pyridine rings is 1. The highest BCUT2D eigenvalue weighted by Crippen LogP contribution is 2.24. The largest absolute Gasteiger partial charge is 0.465 e. The van der Waals surface area contributed by atoms with Crippen LogP contribution in [0.25, 0.3) is 11.0 Å². The third-order valence-corrected chi connectivity index (χ3v) is 7.28. The van der Waals surface area contributed by atoms with Crippen molar-refractivity contribution in [2.45, 2.75) is 31.9 Å². The highest BCUT2D eigenvalue weighted by atomic mass is 35.5. The van der Waals surface area contributed by atoms with Gasteiger partial charge in [0.25, 0.3) is 11.1 Å². The Labute approximate surface area is 233 Å². The Bertz CT molecular complexity index is 1490. The van der Waals surface area contributed by atoms with Crippen molar-refractivity contribution in [1.29, 1.82) is 0 Å². The highest BCUT2D eigenvalue weighted by molar-refractivity contribution is 7.13. The molecule has 1 aliphatic heterocycles. The molecule has 2 atom stereocenters. The summed E-state index contributed by atoms with van der Waals surface area (Å²) < 4.78 is 11.5. The summed E-state index contributed by atoms with van der Waals surface area (Å²) in [6.07, 6.45) is 4.02. The molecule has 10 nitrogen and oxygen atoms in total. The quantitative estimate of drug-likeness (QED) is 0.317. The molecule has 0 aliphatic carbocycles. The van der Waals surface area contributed by atoms with Crippen molar-refractivity contribution in [3.63, 3.8) is 0 Å². The van der Waals surface area contributed by atoms with E-state index in [0.717, 1.165) is 4.88 Å². The number of furan rings is 1. The molecule has 3 amide bonds. The predicted molar refractivity (Wildman–Crippen MR) is 146 cm³/mol. The van der Waals surface area contributed by atoms with Gasteiger partial charge in [-0.3, -0.25) is 19.4 Å². The van der Waals surface area contributed by atoms with E-state index < -0.39 is 17.9 Å². The number of hydrogen-bond donors (Lipinski definition) is 2. The van der Waals surface area contributed by atoms with Crippen LogP contribution in [0.3, 0.4) is 0 Å². The Hall–Kier alpha value is -3.96. The van der Waals surface area contributed by atoms with Gasteiger partial charge < -0.3 is 24.7 Å². The van der Waals surface area contributed by atoms with Gasteiger partial charge in [0.1, 0.15) is 17.7 Å². The lowest BCUT2D eigenvalue weighted by atomic mass is 10.1. The van der Waals surface area contributed by atoms with Gasteiger partial charge in [-0.1, -0.05) is 29.0 Å². The van der Waals surface area contributed by atoms with Gasteiger partial charge in [-0.2, -0.15) is 0 Å². The molecule has 1 saturated heterocycles. The molecule has 0 bridgehead atoms. The van der Waals surface area contributed by atoms with Crippen molar-refractivity contribution in [2.75, 3.05) is 19.6 Å². The minimum Gasteiger partial charge on any atom is -0.465 e. The fraction of sp³-hybridized carbons (Fsp3) is 0.296. The second kappa shape index (κ2) is 11.8. The van der Waals surface area contributed by atoms with Crippen molar-refractivity contribution in [3.8, 4) is 5.19 Å². The van der Waals surface area contributed by atoms with E-state index in [0.29, 0.717) is 46.4 Å². The molecule has 39 heavy (non-hydrogen) atoms. The second-order valence-corrected chi connectivity index (χ2v) is 10.8. The van der Waals surface area contributed by atoms with E-state index >= 15 is 0 Å². The topological polar surface area (TPSA) is 127 Å². The lowest BCUT2D eigenvalue weighted by Gasteiger charge is -2.20. The number of carbonyl (C=O) groups is 3. The standard InChI is InChI=1S/C27H26ClN5O5S/c1-16-13-31-27(39-16)37-20-7-9-33(15-20)24(34)14-30-25(35)21(12-19-4-2-3-8-29-19)32-26(36)23-11-17-10-18(28)5-6-22(17)38-23/h2-6,8,10-11,13,20-21H,7,9,12,14-15H2,1H3,(H,30,35)(H,32,36)/t20-,21+/m1/s1. The summed E-state index contributed by atoms with van der Waals surface area (Å²) in [5.74, 6) is -1.27. The van der Waals surface area contributed by atoms with E-state index in [4.69, 9.17) is 20.8 Å². The Morgan fingerprint density at radius 2 is 2.10 bits per heavy atom. The molecule has 1 aliphatic rings. The van der Waals surface area contributed by atoms with E-state index in [2.05, 4.69) is 20.6 Å². The van der Waals surface area contributed by atoms with Crippen LogP contribution < -0.4 is 15.4 Å². The van der Waals surface area contributed by atoms with Gasteiger partial charge in [0.15, 0.2) is 5.76 Å². The van der Waals surface area contributed by atoms with Crippen LogP contribution >= 0.6 is 22.9 Å². The van der Waals surface area contributed by atoms with Crippen LogP contribution in [0.1, 0.15) is 27.5 Å². The number of carbonyl (C=O) groups excluding carboxylic acids is 3. The number of rotatable bonds is 9. The van der Waals surface area contributed by atoms with Crippen LogP contribution in [0.4, 0.5) is 0 Å². The summed E-state index contributed by atoms with van der Waals surface area (Å²) in [6.45, 7) is 2.68. The minimum absolute atomic E-state index is 0.0423. The first kappa shape index (κ1) is 26.6. The molecule has 202 valence electrons. The van der Waals surface area contributed by atoms with Crippen LogP contribution in [0, 0.1) is 6.92 Å². The average molecular weight is 568 g/mol. The maximum Gasteiger partial charge on any atom is 0.287 e. The van der Waals surface area contributed by atoms with Crippen LogP contribution in [0.2, 0.25) is 5.02 Å². The van der Waals surface area contributed by atoms with Gasteiger partial charge in [0.05, 0.1) is 13.1 Å². The first-order chi connectivity index (χ1) is 18.8. The molecule has 1 aromatic carbocycles. The molecular weight excluding hydrogens is 542 g/mol. The highest BCUT2D eigenvalue weighted by Gasteiger charge is 2.30. The van der Waals surface area contributed by atoms with Crippen molar-refractivity contribution >= 4 is 51.6 Å². The zero-order chi connectivity index (χ0) is 27.4. The summed E-state index contributed by atoms with van der Waals surface area (Å²) in [5, 5.41) is 7.15. The van der Waals surface area contributed by atoms with E-state index in [1.54, 1.807) is 59.8 Å². The fourth-order valence-electron chi connectivity index (χ4n) is 4.27.